The summed E-state index contributed by atoms with van der Waals surface area (Å²) in [6.45, 7) is 0.661. The molecule has 132 valence electrons. The third-order valence-corrected chi connectivity index (χ3v) is 5.13. The fraction of sp³-hybridized carbons (Fsp3) is 0.333. The standard InChI is InChI=1S/C18H17FN6O/c19-11-1-6-16-20-8-15(24(16)9-11)17-21-7-14-18(23-17)25(10-22-14)12-2-4-13(26)5-3-12/h1,6-9,12,22H,2-5,10H2. The summed E-state index contributed by atoms with van der Waals surface area (Å²) in [5.74, 6) is 1.33. The first-order chi connectivity index (χ1) is 12.7. The minimum absolute atomic E-state index is 0.295. The van der Waals surface area contributed by atoms with Crippen LogP contribution in [0.5, 0.6) is 0 Å². The minimum atomic E-state index is -0.340. The highest BCUT2D eigenvalue weighted by molar-refractivity contribution is 5.80. The highest BCUT2D eigenvalue weighted by Crippen LogP contribution is 2.35. The number of hydrogen-bond acceptors (Lipinski definition) is 6. The molecule has 0 radical (unpaired) electrons. The summed E-state index contributed by atoms with van der Waals surface area (Å²) in [6, 6.07) is 3.30. The van der Waals surface area contributed by atoms with Gasteiger partial charge < -0.3 is 10.2 Å². The maximum absolute atomic E-state index is 13.6. The third kappa shape index (κ3) is 2.40. The largest absolute Gasteiger partial charge is 0.363 e. The number of pyridine rings is 1. The normalized spacial score (nSPS) is 17.6. The molecule has 5 rings (SSSR count). The molecule has 1 saturated carbocycles. The SMILES string of the molecule is O=C1CCC(N2CNc3cnc(-c4cnc5ccc(F)cn45)nc32)CC1. The summed E-state index contributed by atoms with van der Waals surface area (Å²) in [7, 11) is 0. The fourth-order valence-electron chi connectivity index (χ4n) is 3.74. The molecule has 0 amide bonds. The van der Waals surface area contributed by atoms with Crippen LogP contribution in [0.3, 0.4) is 0 Å². The Bertz CT molecular complexity index is 1010. The number of nitrogens with one attached hydrogen (secondary N) is 1. The Balaban J connectivity index is 1.53. The molecule has 0 atom stereocenters. The van der Waals surface area contributed by atoms with Gasteiger partial charge in [0.25, 0.3) is 0 Å². The summed E-state index contributed by atoms with van der Waals surface area (Å²) in [4.78, 5) is 27.2. The van der Waals surface area contributed by atoms with Crippen molar-refractivity contribution >= 4 is 22.9 Å². The number of hydrogen-bond donors (Lipinski definition) is 1. The van der Waals surface area contributed by atoms with Crippen LogP contribution in [0.4, 0.5) is 15.9 Å². The summed E-state index contributed by atoms with van der Waals surface area (Å²) < 4.78 is 15.3. The topological polar surface area (TPSA) is 75.4 Å². The molecule has 3 aromatic heterocycles. The molecular formula is C18H17FN6O. The van der Waals surface area contributed by atoms with Crippen molar-refractivity contribution in [3.8, 4) is 11.5 Å². The van der Waals surface area contributed by atoms with Gasteiger partial charge in [0.2, 0.25) is 0 Å². The van der Waals surface area contributed by atoms with Crippen molar-refractivity contribution in [2.45, 2.75) is 31.7 Å². The molecule has 4 heterocycles. The van der Waals surface area contributed by atoms with E-state index in [1.165, 1.54) is 12.3 Å². The van der Waals surface area contributed by atoms with Gasteiger partial charge in [-0.3, -0.25) is 9.20 Å². The van der Waals surface area contributed by atoms with Crippen LogP contribution in [-0.2, 0) is 4.79 Å². The van der Waals surface area contributed by atoms with Crippen LogP contribution >= 0.6 is 0 Å². The van der Waals surface area contributed by atoms with Crippen LogP contribution < -0.4 is 10.2 Å². The molecular weight excluding hydrogens is 335 g/mol. The van der Waals surface area contributed by atoms with E-state index in [0.29, 0.717) is 48.5 Å². The molecule has 0 bridgehead atoms. The molecule has 26 heavy (non-hydrogen) atoms. The van der Waals surface area contributed by atoms with Crippen LogP contribution in [0, 0.1) is 5.82 Å². The fourth-order valence-corrected chi connectivity index (χ4v) is 3.74. The van der Waals surface area contributed by atoms with Crippen molar-refractivity contribution in [2.24, 2.45) is 0 Å². The quantitative estimate of drug-likeness (QED) is 0.764. The van der Waals surface area contributed by atoms with Crippen molar-refractivity contribution in [3.63, 3.8) is 0 Å². The first-order valence-corrected chi connectivity index (χ1v) is 8.71. The number of halogens is 1. The first-order valence-electron chi connectivity index (χ1n) is 8.71. The number of anilines is 2. The van der Waals surface area contributed by atoms with Crippen LogP contribution in [-0.4, -0.2) is 37.8 Å². The number of rotatable bonds is 2. The van der Waals surface area contributed by atoms with E-state index in [4.69, 9.17) is 4.98 Å². The number of imidazole rings is 1. The molecule has 7 nitrogen and oxygen atoms in total. The molecule has 8 heteroatoms. The van der Waals surface area contributed by atoms with Crippen LogP contribution in [0.1, 0.15) is 25.7 Å². The van der Waals surface area contributed by atoms with Gasteiger partial charge in [0, 0.05) is 25.1 Å². The van der Waals surface area contributed by atoms with Crippen molar-refractivity contribution in [1.29, 1.82) is 0 Å². The zero-order valence-electron chi connectivity index (χ0n) is 14.0. The van der Waals surface area contributed by atoms with Gasteiger partial charge in [-0.15, -0.1) is 0 Å². The molecule has 0 saturated heterocycles. The van der Waals surface area contributed by atoms with E-state index in [1.54, 1.807) is 22.9 Å². The Labute approximate surface area is 148 Å². The van der Waals surface area contributed by atoms with Gasteiger partial charge in [-0.2, -0.15) is 0 Å². The molecule has 0 spiro atoms. The molecule has 1 fully saturated rings. The lowest BCUT2D eigenvalue weighted by atomic mass is 9.93. The summed E-state index contributed by atoms with van der Waals surface area (Å²) >= 11 is 0. The number of Topliss-reactive ketones (excluding diaryl/α,β-unsaturated/α-hetero) is 1. The molecule has 0 aromatic carbocycles. The predicted octanol–water partition coefficient (Wildman–Crippen LogP) is 2.63. The number of nitrogens with zero attached hydrogens (tertiary/aromatic N) is 5. The molecule has 1 aliphatic carbocycles. The molecule has 2 aliphatic rings. The monoisotopic (exact) mass is 352 g/mol. The average molecular weight is 352 g/mol. The predicted molar refractivity (Wildman–Crippen MR) is 94.4 cm³/mol. The van der Waals surface area contributed by atoms with E-state index in [1.807, 2.05) is 0 Å². The van der Waals surface area contributed by atoms with Gasteiger partial charge in [0.15, 0.2) is 11.6 Å². The van der Waals surface area contributed by atoms with Crippen LogP contribution in [0.15, 0.2) is 30.7 Å². The number of carbonyl (C=O) groups excluding carboxylic acids is 1. The zero-order chi connectivity index (χ0) is 17.7. The van der Waals surface area contributed by atoms with Crippen molar-refractivity contribution in [2.75, 3.05) is 16.9 Å². The van der Waals surface area contributed by atoms with Crippen molar-refractivity contribution < 1.29 is 9.18 Å². The zero-order valence-corrected chi connectivity index (χ0v) is 14.0. The smallest absolute Gasteiger partial charge is 0.180 e. The number of ketones is 1. The lowest BCUT2D eigenvalue weighted by Gasteiger charge is -2.31. The number of fused-ring (bicyclic) bond motifs is 2. The highest BCUT2D eigenvalue weighted by atomic mass is 19.1. The second-order valence-corrected chi connectivity index (χ2v) is 6.72. The molecule has 1 aliphatic heterocycles. The van der Waals surface area contributed by atoms with Gasteiger partial charge in [-0.05, 0) is 25.0 Å². The van der Waals surface area contributed by atoms with Gasteiger partial charge >= 0.3 is 0 Å². The highest BCUT2D eigenvalue weighted by Gasteiger charge is 2.31. The molecule has 1 N–H and O–H groups in total. The summed E-state index contributed by atoms with van der Waals surface area (Å²) in [5, 5.41) is 3.31. The second-order valence-electron chi connectivity index (χ2n) is 6.72. The van der Waals surface area contributed by atoms with Crippen molar-refractivity contribution in [3.05, 3.63) is 36.5 Å². The van der Waals surface area contributed by atoms with Crippen molar-refractivity contribution in [1.82, 2.24) is 19.4 Å². The second kappa shape index (κ2) is 5.76. The Hall–Kier alpha value is -3.03. The van der Waals surface area contributed by atoms with Gasteiger partial charge in [0.1, 0.15) is 22.9 Å². The Morgan fingerprint density at radius 3 is 2.85 bits per heavy atom. The van der Waals surface area contributed by atoms with Crippen LogP contribution in [0.2, 0.25) is 0 Å². The Morgan fingerprint density at radius 2 is 2.00 bits per heavy atom. The lowest BCUT2D eigenvalue weighted by Crippen LogP contribution is -2.38. The maximum atomic E-state index is 13.6. The number of aromatic nitrogens is 4. The van der Waals surface area contributed by atoms with E-state index in [0.717, 1.165) is 24.3 Å². The minimum Gasteiger partial charge on any atom is -0.363 e. The first kappa shape index (κ1) is 15.2. The van der Waals surface area contributed by atoms with Gasteiger partial charge in [0.05, 0.1) is 24.7 Å². The maximum Gasteiger partial charge on any atom is 0.180 e. The van der Waals surface area contributed by atoms with Gasteiger partial charge in [-0.1, -0.05) is 0 Å². The van der Waals surface area contributed by atoms with E-state index in [9.17, 15) is 9.18 Å². The van der Waals surface area contributed by atoms with Gasteiger partial charge in [-0.25, -0.2) is 19.3 Å². The van der Waals surface area contributed by atoms with E-state index in [-0.39, 0.29) is 5.82 Å². The Morgan fingerprint density at radius 1 is 1.15 bits per heavy atom. The van der Waals surface area contributed by atoms with E-state index in [2.05, 4.69) is 20.2 Å². The third-order valence-electron chi connectivity index (χ3n) is 5.13. The summed E-state index contributed by atoms with van der Waals surface area (Å²) in [5.41, 5.74) is 2.17. The Kier molecular flexibility index (Phi) is 3.37. The number of carbonyl (C=O) groups is 1. The molecule has 0 unspecified atom stereocenters. The molecule has 3 aromatic rings. The van der Waals surface area contributed by atoms with E-state index < -0.39 is 0 Å². The summed E-state index contributed by atoms with van der Waals surface area (Å²) in [6.07, 6.45) is 7.74. The lowest BCUT2D eigenvalue weighted by molar-refractivity contribution is -0.120. The average Bonchev–Trinajstić information content (AvgIpc) is 3.25. The van der Waals surface area contributed by atoms with Crippen LogP contribution in [0.25, 0.3) is 17.2 Å². The van der Waals surface area contributed by atoms with E-state index >= 15 is 0 Å².